The maximum absolute atomic E-state index is 11.9. The van der Waals surface area contributed by atoms with Gasteiger partial charge in [-0.05, 0) is 37.8 Å². The molecule has 0 aromatic heterocycles. The lowest BCUT2D eigenvalue weighted by Crippen LogP contribution is -2.42. The van der Waals surface area contributed by atoms with E-state index in [4.69, 9.17) is 9.84 Å². The minimum absolute atomic E-state index is 0.0526. The number of rotatable bonds is 11. The standard InChI is InChI=1S/C18H27NO6S/c1-4-26(23,24)12-10-15(18(21)22)19-16(20)9-6-11-25-17-13(2)7-5-8-14(17)3/h5,7-8,15H,4,6,9-12H2,1-3H3,(H,19,20)(H,21,22). The summed E-state index contributed by atoms with van der Waals surface area (Å²) in [5.41, 5.74) is 2.02. The average molecular weight is 385 g/mol. The number of benzene rings is 1. The summed E-state index contributed by atoms with van der Waals surface area (Å²) in [5, 5.41) is 11.5. The molecule has 1 rings (SSSR count). The number of carbonyl (C=O) groups is 2. The molecule has 0 fully saturated rings. The van der Waals surface area contributed by atoms with E-state index in [0.717, 1.165) is 16.9 Å². The van der Waals surface area contributed by atoms with Crippen molar-refractivity contribution in [1.29, 1.82) is 0 Å². The van der Waals surface area contributed by atoms with Crippen LogP contribution >= 0.6 is 0 Å². The summed E-state index contributed by atoms with van der Waals surface area (Å²) in [4.78, 5) is 23.1. The molecule has 146 valence electrons. The first-order valence-electron chi connectivity index (χ1n) is 8.58. The van der Waals surface area contributed by atoms with Crippen LogP contribution in [0.4, 0.5) is 0 Å². The molecule has 0 saturated carbocycles. The number of ether oxygens (including phenoxy) is 1. The first-order valence-corrected chi connectivity index (χ1v) is 10.4. The Bertz CT molecular complexity index is 709. The molecule has 2 N–H and O–H groups in total. The molecule has 8 heteroatoms. The smallest absolute Gasteiger partial charge is 0.326 e. The van der Waals surface area contributed by atoms with Crippen LogP contribution in [-0.2, 0) is 19.4 Å². The number of nitrogens with one attached hydrogen (secondary N) is 1. The molecule has 0 heterocycles. The van der Waals surface area contributed by atoms with Crippen LogP contribution in [0.5, 0.6) is 5.75 Å². The quantitative estimate of drug-likeness (QED) is 0.563. The number of sulfone groups is 1. The van der Waals surface area contributed by atoms with Crippen molar-refractivity contribution in [3.8, 4) is 5.75 Å². The second-order valence-corrected chi connectivity index (χ2v) is 8.63. The number of aliphatic carboxylic acids is 1. The maximum atomic E-state index is 11.9. The predicted octanol–water partition coefficient (Wildman–Crippen LogP) is 1.86. The molecule has 0 aliphatic carbocycles. The van der Waals surface area contributed by atoms with Gasteiger partial charge in [0.1, 0.15) is 21.6 Å². The Hall–Kier alpha value is -2.09. The number of carboxylic acids is 1. The summed E-state index contributed by atoms with van der Waals surface area (Å²) in [6.07, 6.45) is 0.393. The highest BCUT2D eigenvalue weighted by Gasteiger charge is 2.22. The summed E-state index contributed by atoms with van der Waals surface area (Å²) >= 11 is 0. The normalized spacial score (nSPS) is 12.4. The third kappa shape index (κ3) is 7.43. The van der Waals surface area contributed by atoms with Crippen molar-refractivity contribution in [2.45, 2.75) is 46.1 Å². The van der Waals surface area contributed by atoms with E-state index >= 15 is 0 Å². The van der Waals surface area contributed by atoms with Crippen LogP contribution in [0.3, 0.4) is 0 Å². The fourth-order valence-electron chi connectivity index (χ4n) is 2.40. The molecule has 1 amide bonds. The first-order chi connectivity index (χ1) is 12.2. The number of amides is 1. The van der Waals surface area contributed by atoms with Gasteiger partial charge in [-0.2, -0.15) is 0 Å². The highest BCUT2D eigenvalue weighted by atomic mass is 32.2. The zero-order valence-corrected chi connectivity index (χ0v) is 16.3. The summed E-state index contributed by atoms with van der Waals surface area (Å²) < 4.78 is 28.7. The third-order valence-electron chi connectivity index (χ3n) is 3.99. The van der Waals surface area contributed by atoms with Crippen molar-refractivity contribution in [3.63, 3.8) is 0 Å². The molecule has 1 aromatic carbocycles. The molecule has 0 saturated heterocycles. The molecule has 26 heavy (non-hydrogen) atoms. The van der Waals surface area contributed by atoms with Crippen LogP contribution in [0.1, 0.15) is 37.3 Å². The summed E-state index contributed by atoms with van der Waals surface area (Å²) in [6.45, 7) is 5.72. The van der Waals surface area contributed by atoms with Crippen molar-refractivity contribution in [2.24, 2.45) is 0 Å². The van der Waals surface area contributed by atoms with Gasteiger partial charge in [-0.3, -0.25) is 4.79 Å². The van der Waals surface area contributed by atoms with Crippen molar-refractivity contribution in [3.05, 3.63) is 29.3 Å². The molecule has 1 unspecified atom stereocenters. The van der Waals surface area contributed by atoms with E-state index in [0.29, 0.717) is 13.0 Å². The number of carboxylic acid groups (broad SMARTS) is 1. The van der Waals surface area contributed by atoms with Gasteiger partial charge in [-0.25, -0.2) is 13.2 Å². The minimum atomic E-state index is -3.28. The number of para-hydroxylation sites is 1. The summed E-state index contributed by atoms with van der Waals surface area (Å²) in [5.74, 6) is -1.20. The maximum Gasteiger partial charge on any atom is 0.326 e. The molecule has 0 bridgehead atoms. The van der Waals surface area contributed by atoms with Gasteiger partial charge in [0.15, 0.2) is 0 Å². The predicted molar refractivity (Wildman–Crippen MR) is 99.2 cm³/mol. The van der Waals surface area contributed by atoms with Crippen LogP contribution in [-0.4, -0.2) is 49.6 Å². The molecular weight excluding hydrogens is 358 g/mol. The fraction of sp³-hybridized carbons (Fsp3) is 0.556. The molecular formula is C18H27NO6S. The molecule has 0 aliphatic heterocycles. The number of hydrogen-bond acceptors (Lipinski definition) is 5. The van der Waals surface area contributed by atoms with Gasteiger partial charge in [0.25, 0.3) is 0 Å². The Morgan fingerprint density at radius 3 is 2.38 bits per heavy atom. The number of carbonyl (C=O) groups excluding carboxylic acids is 1. The Labute approximate surface area is 154 Å². The van der Waals surface area contributed by atoms with Gasteiger partial charge in [0.05, 0.1) is 12.4 Å². The molecule has 7 nitrogen and oxygen atoms in total. The Morgan fingerprint density at radius 1 is 1.23 bits per heavy atom. The summed E-state index contributed by atoms with van der Waals surface area (Å²) in [7, 11) is -3.28. The van der Waals surface area contributed by atoms with Crippen LogP contribution < -0.4 is 10.1 Å². The van der Waals surface area contributed by atoms with E-state index in [2.05, 4.69) is 5.32 Å². The van der Waals surface area contributed by atoms with Gasteiger partial charge < -0.3 is 15.2 Å². The second-order valence-electron chi connectivity index (χ2n) is 6.16. The van der Waals surface area contributed by atoms with E-state index in [9.17, 15) is 18.0 Å². The largest absolute Gasteiger partial charge is 0.493 e. The highest BCUT2D eigenvalue weighted by molar-refractivity contribution is 7.91. The van der Waals surface area contributed by atoms with Crippen molar-refractivity contribution in [2.75, 3.05) is 18.1 Å². The summed E-state index contributed by atoms with van der Waals surface area (Å²) in [6, 6.07) is 4.62. The van der Waals surface area contributed by atoms with Crippen molar-refractivity contribution < 1.29 is 27.9 Å². The average Bonchev–Trinajstić information content (AvgIpc) is 2.57. The first kappa shape index (κ1) is 22.0. The number of hydrogen-bond donors (Lipinski definition) is 2. The lowest BCUT2D eigenvalue weighted by atomic mass is 10.1. The van der Waals surface area contributed by atoms with Gasteiger partial charge >= 0.3 is 5.97 Å². The Kier molecular flexibility index (Phi) is 8.57. The zero-order chi connectivity index (χ0) is 19.7. The van der Waals surface area contributed by atoms with E-state index in [1.54, 1.807) is 0 Å². The third-order valence-corrected chi connectivity index (χ3v) is 5.73. The van der Waals surface area contributed by atoms with Crippen molar-refractivity contribution in [1.82, 2.24) is 5.32 Å². The van der Waals surface area contributed by atoms with Gasteiger partial charge in [-0.1, -0.05) is 25.1 Å². The van der Waals surface area contributed by atoms with Crippen LogP contribution in [0.25, 0.3) is 0 Å². The van der Waals surface area contributed by atoms with E-state index in [-0.39, 0.29) is 24.3 Å². The van der Waals surface area contributed by atoms with Crippen LogP contribution in [0.2, 0.25) is 0 Å². The van der Waals surface area contributed by atoms with E-state index < -0.39 is 27.8 Å². The van der Waals surface area contributed by atoms with E-state index in [1.807, 2.05) is 32.0 Å². The van der Waals surface area contributed by atoms with Crippen LogP contribution in [0.15, 0.2) is 18.2 Å². The van der Waals surface area contributed by atoms with Gasteiger partial charge in [-0.15, -0.1) is 0 Å². The molecule has 1 atom stereocenters. The Balaban J connectivity index is 2.43. The number of aryl methyl sites for hydroxylation is 2. The van der Waals surface area contributed by atoms with Crippen LogP contribution in [0, 0.1) is 13.8 Å². The zero-order valence-electron chi connectivity index (χ0n) is 15.4. The van der Waals surface area contributed by atoms with Crippen molar-refractivity contribution >= 4 is 21.7 Å². The molecule has 0 aliphatic rings. The monoisotopic (exact) mass is 385 g/mol. The van der Waals surface area contributed by atoms with E-state index in [1.165, 1.54) is 6.92 Å². The molecule has 1 aromatic rings. The lowest BCUT2D eigenvalue weighted by molar-refractivity contribution is -0.141. The van der Waals surface area contributed by atoms with Gasteiger partial charge in [0, 0.05) is 12.2 Å². The SMILES string of the molecule is CCS(=O)(=O)CCC(NC(=O)CCCOc1c(C)cccc1C)C(=O)O. The molecule has 0 spiro atoms. The highest BCUT2D eigenvalue weighted by Crippen LogP contribution is 2.22. The minimum Gasteiger partial charge on any atom is -0.493 e. The lowest BCUT2D eigenvalue weighted by Gasteiger charge is -2.15. The Morgan fingerprint density at radius 2 is 1.85 bits per heavy atom. The second kappa shape index (κ2) is 10.2. The fourth-order valence-corrected chi connectivity index (χ4v) is 3.28. The van der Waals surface area contributed by atoms with Gasteiger partial charge in [0.2, 0.25) is 5.91 Å². The topological polar surface area (TPSA) is 110 Å². The molecule has 0 radical (unpaired) electrons.